The highest BCUT2D eigenvalue weighted by molar-refractivity contribution is 5.79. The van der Waals surface area contributed by atoms with Gasteiger partial charge in [0, 0.05) is 6.20 Å². The van der Waals surface area contributed by atoms with Crippen LogP contribution < -0.4 is 4.74 Å². The Kier molecular flexibility index (Phi) is 2.85. The van der Waals surface area contributed by atoms with Crippen LogP contribution >= 0.6 is 0 Å². The van der Waals surface area contributed by atoms with Crippen LogP contribution in [0.3, 0.4) is 0 Å². The van der Waals surface area contributed by atoms with Gasteiger partial charge in [-0.15, -0.1) is 0 Å². The van der Waals surface area contributed by atoms with E-state index in [1.54, 1.807) is 6.20 Å². The van der Waals surface area contributed by atoms with Gasteiger partial charge < -0.3 is 4.74 Å². The zero-order valence-corrected chi connectivity index (χ0v) is 11.4. The zero-order chi connectivity index (χ0) is 14.1. The van der Waals surface area contributed by atoms with Gasteiger partial charge in [-0.3, -0.25) is 0 Å². The van der Waals surface area contributed by atoms with E-state index in [1.807, 2.05) is 12.1 Å². The third-order valence-corrected chi connectivity index (χ3v) is 3.59. The average Bonchev–Trinajstić information content (AvgIpc) is 3.00. The fourth-order valence-corrected chi connectivity index (χ4v) is 2.53. The summed E-state index contributed by atoms with van der Waals surface area (Å²) in [5.41, 5.74) is 4.44. The molecule has 4 heteroatoms. The van der Waals surface area contributed by atoms with Crippen LogP contribution in [0.15, 0.2) is 48.9 Å². The summed E-state index contributed by atoms with van der Waals surface area (Å²) in [5.74, 6) is 0.573. The zero-order valence-electron chi connectivity index (χ0n) is 11.4. The molecule has 4 nitrogen and oxygen atoms in total. The molecular formula is C17H13N3O. The van der Waals surface area contributed by atoms with Crippen LogP contribution in [0.4, 0.5) is 0 Å². The molecule has 2 aromatic heterocycles. The van der Waals surface area contributed by atoms with Crippen molar-refractivity contribution < 1.29 is 4.74 Å². The second-order valence-electron chi connectivity index (χ2n) is 4.98. The van der Waals surface area contributed by atoms with E-state index in [2.05, 4.69) is 45.3 Å². The van der Waals surface area contributed by atoms with Crippen molar-refractivity contribution in [3.05, 3.63) is 65.6 Å². The molecule has 0 saturated heterocycles. The molecule has 0 radical (unpaired) electrons. The second kappa shape index (κ2) is 4.98. The van der Waals surface area contributed by atoms with E-state index in [0.717, 1.165) is 17.4 Å². The summed E-state index contributed by atoms with van der Waals surface area (Å²) in [6.07, 6.45) is 8.56. The molecule has 21 heavy (non-hydrogen) atoms. The standard InChI is InChI=1S/C17H13N3O/c1-3-13-7-6-12(9-14(13)4-1)10-21-17-15-5-2-8-18-16(15)19-11-20-17/h1-2,4-9,11H,3,10H2. The monoisotopic (exact) mass is 275 g/mol. The van der Waals surface area contributed by atoms with Crippen LogP contribution in [0.2, 0.25) is 0 Å². The summed E-state index contributed by atoms with van der Waals surface area (Å²) < 4.78 is 5.85. The first-order valence-corrected chi connectivity index (χ1v) is 6.87. The predicted octanol–water partition coefficient (Wildman–Crippen LogP) is 3.17. The number of nitrogens with zero attached hydrogens (tertiary/aromatic N) is 3. The first-order chi connectivity index (χ1) is 10.4. The Labute approximate surface area is 122 Å². The van der Waals surface area contributed by atoms with Gasteiger partial charge in [-0.25, -0.2) is 15.0 Å². The van der Waals surface area contributed by atoms with Gasteiger partial charge >= 0.3 is 0 Å². The van der Waals surface area contributed by atoms with E-state index in [9.17, 15) is 0 Å². The van der Waals surface area contributed by atoms with E-state index in [-0.39, 0.29) is 0 Å². The molecule has 0 bridgehead atoms. The van der Waals surface area contributed by atoms with Crippen molar-refractivity contribution in [2.45, 2.75) is 13.0 Å². The summed E-state index contributed by atoms with van der Waals surface area (Å²) in [4.78, 5) is 12.5. The Morgan fingerprint density at radius 2 is 2.10 bits per heavy atom. The number of pyridine rings is 1. The van der Waals surface area contributed by atoms with E-state index >= 15 is 0 Å². The number of allylic oxidation sites excluding steroid dienone is 1. The molecule has 1 aliphatic carbocycles. The van der Waals surface area contributed by atoms with Gasteiger partial charge in [0.1, 0.15) is 12.9 Å². The molecule has 0 spiro atoms. The number of benzene rings is 1. The smallest absolute Gasteiger partial charge is 0.226 e. The highest BCUT2D eigenvalue weighted by Crippen LogP contribution is 2.23. The van der Waals surface area contributed by atoms with Crippen LogP contribution in [-0.4, -0.2) is 15.0 Å². The molecular weight excluding hydrogens is 262 g/mol. The normalized spacial score (nSPS) is 12.6. The van der Waals surface area contributed by atoms with Crippen molar-refractivity contribution in [1.29, 1.82) is 0 Å². The third-order valence-electron chi connectivity index (χ3n) is 3.59. The maximum absolute atomic E-state index is 5.85. The number of hydrogen-bond acceptors (Lipinski definition) is 4. The van der Waals surface area contributed by atoms with Gasteiger partial charge in [0.25, 0.3) is 0 Å². The number of fused-ring (bicyclic) bond motifs is 2. The largest absolute Gasteiger partial charge is 0.472 e. The molecule has 0 N–H and O–H groups in total. The summed E-state index contributed by atoms with van der Waals surface area (Å²) >= 11 is 0. The van der Waals surface area contributed by atoms with Crippen molar-refractivity contribution in [2.75, 3.05) is 0 Å². The molecule has 4 rings (SSSR count). The molecule has 2 heterocycles. The van der Waals surface area contributed by atoms with Gasteiger partial charge in [-0.2, -0.15) is 0 Å². The van der Waals surface area contributed by atoms with Crippen molar-refractivity contribution in [3.63, 3.8) is 0 Å². The molecule has 0 amide bonds. The van der Waals surface area contributed by atoms with E-state index in [4.69, 9.17) is 4.74 Å². The Bertz CT molecular complexity index is 837. The highest BCUT2D eigenvalue weighted by atomic mass is 16.5. The Hall–Kier alpha value is -2.75. The Balaban J connectivity index is 1.60. The molecule has 102 valence electrons. The quantitative estimate of drug-likeness (QED) is 0.736. The van der Waals surface area contributed by atoms with E-state index < -0.39 is 0 Å². The SMILES string of the molecule is C1=Cc2cc(COc3ncnc4ncccc34)ccc2C1. The second-order valence-corrected chi connectivity index (χ2v) is 4.98. The first kappa shape index (κ1) is 12.0. The van der Waals surface area contributed by atoms with Crippen molar-refractivity contribution in [3.8, 4) is 5.88 Å². The van der Waals surface area contributed by atoms with Gasteiger partial charge in [0.05, 0.1) is 5.39 Å². The number of hydrogen-bond donors (Lipinski definition) is 0. The maximum Gasteiger partial charge on any atom is 0.226 e. The van der Waals surface area contributed by atoms with Crippen LogP contribution in [0.1, 0.15) is 16.7 Å². The number of ether oxygens (including phenoxy) is 1. The number of aromatic nitrogens is 3. The molecule has 0 fully saturated rings. The lowest BCUT2D eigenvalue weighted by atomic mass is 10.1. The summed E-state index contributed by atoms with van der Waals surface area (Å²) in [7, 11) is 0. The first-order valence-electron chi connectivity index (χ1n) is 6.87. The van der Waals surface area contributed by atoms with Crippen LogP contribution in [0.5, 0.6) is 5.88 Å². The van der Waals surface area contributed by atoms with Crippen LogP contribution in [0.25, 0.3) is 17.1 Å². The van der Waals surface area contributed by atoms with E-state index in [0.29, 0.717) is 18.1 Å². The summed E-state index contributed by atoms with van der Waals surface area (Å²) in [6.45, 7) is 0.488. The van der Waals surface area contributed by atoms with Gasteiger partial charge in [0.15, 0.2) is 5.65 Å². The summed E-state index contributed by atoms with van der Waals surface area (Å²) in [5, 5.41) is 0.834. The van der Waals surface area contributed by atoms with Crippen molar-refractivity contribution in [2.24, 2.45) is 0 Å². The maximum atomic E-state index is 5.85. The van der Waals surface area contributed by atoms with E-state index in [1.165, 1.54) is 17.5 Å². The predicted molar refractivity (Wildman–Crippen MR) is 80.8 cm³/mol. The lowest BCUT2D eigenvalue weighted by molar-refractivity contribution is 0.297. The Morgan fingerprint density at radius 3 is 3.10 bits per heavy atom. The minimum absolute atomic E-state index is 0.488. The van der Waals surface area contributed by atoms with Gasteiger partial charge in [0.2, 0.25) is 5.88 Å². The molecule has 0 aliphatic heterocycles. The topological polar surface area (TPSA) is 47.9 Å². The lowest BCUT2D eigenvalue weighted by Gasteiger charge is -2.08. The molecule has 0 saturated carbocycles. The highest BCUT2D eigenvalue weighted by Gasteiger charge is 2.08. The Morgan fingerprint density at radius 1 is 1.10 bits per heavy atom. The molecule has 1 aromatic carbocycles. The molecule has 0 atom stereocenters. The third kappa shape index (κ3) is 2.25. The van der Waals surface area contributed by atoms with Gasteiger partial charge in [-0.1, -0.05) is 24.3 Å². The van der Waals surface area contributed by atoms with Crippen molar-refractivity contribution in [1.82, 2.24) is 15.0 Å². The summed E-state index contributed by atoms with van der Waals surface area (Å²) in [6, 6.07) is 10.2. The minimum Gasteiger partial charge on any atom is -0.472 e. The lowest BCUT2D eigenvalue weighted by Crippen LogP contribution is -2.00. The number of rotatable bonds is 3. The van der Waals surface area contributed by atoms with Crippen LogP contribution in [-0.2, 0) is 13.0 Å². The van der Waals surface area contributed by atoms with Gasteiger partial charge in [-0.05, 0) is 41.3 Å². The fraction of sp³-hybridized carbons (Fsp3) is 0.118. The van der Waals surface area contributed by atoms with Crippen LogP contribution in [0, 0.1) is 0 Å². The average molecular weight is 275 g/mol. The fourth-order valence-electron chi connectivity index (χ4n) is 2.53. The molecule has 0 unspecified atom stereocenters. The molecule has 3 aromatic rings. The molecule has 1 aliphatic rings. The van der Waals surface area contributed by atoms with Crippen molar-refractivity contribution >= 4 is 17.1 Å². The minimum atomic E-state index is 0.488.